The molecule has 0 fully saturated rings. The highest BCUT2D eigenvalue weighted by atomic mass is 32.2. The Labute approximate surface area is 112 Å². The van der Waals surface area contributed by atoms with Gasteiger partial charge >= 0.3 is 0 Å². The number of benzene rings is 1. The summed E-state index contributed by atoms with van der Waals surface area (Å²) in [6.45, 7) is 11.8. The molecule has 3 nitrogen and oxygen atoms in total. The lowest BCUT2D eigenvalue weighted by molar-refractivity contribution is 0.491. The van der Waals surface area contributed by atoms with Crippen molar-refractivity contribution in [1.82, 2.24) is 4.72 Å². The molecule has 0 aliphatic rings. The fraction of sp³-hybridized carbons (Fsp3) is 0.571. The smallest absolute Gasteiger partial charge is 0.207 e. The second-order valence-electron chi connectivity index (χ2n) is 6.63. The van der Waals surface area contributed by atoms with Gasteiger partial charge in [0.15, 0.2) is 0 Å². The molecule has 0 heterocycles. The van der Waals surface area contributed by atoms with E-state index in [1.807, 2.05) is 32.9 Å². The molecule has 1 aromatic carbocycles. The first-order chi connectivity index (χ1) is 7.92. The summed E-state index contributed by atoms with van der Waals surface area (Å²) in [6, 6.07) is 7.07. The fourth-order valence-electron chi connectivity index (χ4n) is 1.60. The van der Waals surface area contributed by atoms with Gasteiger partial charge in [0.1, 0.15) is 0 Å². The first-order valence-electron chi connectivity index (χ1n) is 6.06. The van der Waals surface area contributed by atoms with Gasteiger partial charge in [-0.3, -0.25) is 0 Å². The molecule has 0 saturated carbocycles. The Morgan fingerprint density at radius 1 is 0.944 bits per heavy atom. The summed E-state index contributed by atoms with van der Waals surface area (Å²) in [6.07, 6.45) is 0. The zero-order valence-corrected chi connectivity index (χ0v) is 12.9. The zero-order chi connectivity index (χ0) is 14.2. The Kier molecular flexibility index (Phi) is 3.94. The minimum atomic E-state index is -3.43. The fourth-order valence-corrected chi connectivity index (χ4v) is 3.01. The van der Waals surface area contributed by atoms with Crippen molar-refractivity contribution in [3.63, 3.8) is 0 Å². The van der Waals surface area contributed by atoms with Gasteiger partial charge in [-0.2, -0.15) is 0 Å². The van der Waals surface area contributed by atoms with Crippen LogP contribution < -0.4 is 4.72 Å². The maximum atomic E-state index is 12.1. The van der Waals surface area contributed by atoms with E-state index in [9.17, 15) is 8.42 Å². The summed E-state index contributed by atoms with van der Waals surface area (Å²) in [4.78, 5) is 0.311. The van der Waals surface area contributed by atoms with Crippen LogP contribution in [0, 0.1) is 0 Å². The van der Waals surface area contributed by atoms with Crippen LogP contribution in [0.3, 0.4) is 0 Å². The van der Waals surface area contributed by atoms with Crippen molar-refractivity contribution in [1.29, 1.82) is 0 Å². The summed E-state index contributed by atoms with van der Waals surface area (Å²) < 4.78 is 26.8. The predicted molar refractivity (Wildman–Crippen MR) is 77.3 cm³/mol. The highest BCUT2D eigenvalue weighted by molar-refractivity contribution is 7.89. The van der Waals surface area contributed by atoms with E-state index in [4.69, 9.17) is 0 Å². The Morgan fingerprint density at radius 3 is 1.72 bits per heavy atom. The van der Waals surface area contributed by atoms with Crippen molar-refractivity contribution in [2.75, 3.05) is 0 Å². The van der Waals surface area contributed by atoms with E-state index in [2.05, 4.69) is 25.5 Å². The van der Waals surface area contributed by atoms with Crippen LogP contribution in [0.15, 0.2) is 29.2 Å². The third kappa shape index (κ3) is 4.10. The third-order valence-corrected chi connectivity index (χ3v) is 4.25. The first kappa shape index (κ1) is 15.2. The van der Waals surface area contributed by atoms with Crippen molar-refractivity contribution in [3.05, 3.63) is 29.8 Å². The van der Waals surface area contributed by atoms with E-state index in [0.717, 1.165) is 5.56 Å². The standard InChI is InChI=1S/C14H23NO2S.H2/c1-13(2,3)11-7-9-12(10-8-11)18(16,17)15-14(4,5)6;/h7-10,15H,1-6H3;1H. The highest BCUT2D eigenvalue weighted by Crippen LogP contribution is 2.23. The second-order valence-corrected chi connectivity index (χ2v) is 8.31. The quantitative estimate of drug-likeness (QED) is 0.897. The van der Waals surface area contributed by atoms with Gasteiger partial charge < -0.3 is 0 Å². The molecular weight excluding hydrogens is 246 g/mol. The molecule has 0 atom stereocenters. The summed E-state index contributed by atoms with van der Waals surface area (Å²) >= 11 is 0. The van der Waals surface area contributed by atoms with Crippen LogP contribution in [-0.2, 0) is 15.4 Å². The topological polar surface area (TPSA) is 46.2 Å². The third-order valence-electron chi connectivity index (χ3n) is 2.47. The molecule has 0 radical (unpaired) electrons. The number of nitrogens with one attached hydrogen (secondary N) is 1. The SMILES string of the molecule is CC(C)(C)NS(=O)(=O)c1ccc(C(C)(C)C)cc1.[HH]. The number of hydrogen-bond acceptors (Lipinski definition) is 2. The van der Waals surface area contributed by atoms with Gasteiger partial charge in [-0.1, -0.05) is 32.9 Å². The molecule has 0 bridgehead atoms. The largest absolute Gasteiger partial charge is 0.241 e. The molecule has 0 spiro atoms. The van der Waals surface area contributed by atoms with E-state index < -0.39 is 15.6 Å². The maximum Gasteiger partial charge on any atom is 0.241 e. The zero-order valence-electron chi connectivity index (χ0n) is 12.0. The average Bonchev–Trinajstić information content (AvgIpc) is 2.13. The summed E-state index contributed by atoms with van der Waals surface area (Å²) in [5.41, 5.74) is 0.679. The van der Waals surface area contributed by atoms with Crippen molar-refractivity contribution in [2.24, 2.45) is 0 Å². The number of rotatable bonds is 2. The Balaban J connectivity index is 0.00000324. The van der Waals surface area contributed by atoms with Gasteiger partial charge in [0.2, 0.25) is 10.0 Å². The summed E-state index contributed by atoms with van der Waals surface area (Å²) in [5, 5.41) is 0. The van der Waals surface area contributed by atoms with E-state index >= 15 is 0 Å². The second kappa shape index (κ2) is 4.67. The molecule has 0 aliphatic carbocycles. The van der Waals surface area contributed by atoms with E-state index in [1.54, 1.807) is 12.1 Å². The Hall–Kier alpha value is -0.870. The average molecular weight is 271 g/mol. The van der Waals surface area contributed by atoms with Gasteiger partial charge in [-0.05, 0) is 43.9 Å². The molecule has 0 aromatic heterocycles. The van der Waals surface area contributed by atoms with Gasteiger partial charge in [0.05, 0.1) is 4.90 Å². The van der Waals surface area contributed by atoms with Crippen molar-refractivity contribution in [3.8, 4) is 0 Å². The van der Waals surface area contributed by atoms with E-state index in [-0.39, 0.29) is 6.84 Å². The molecule has 4 heteroatoms. The van der Waals surface area contributed by atoms with Gasteiger partial charge in [-0.15, -0.1) is 0 Å². The first-order valence-corrected chi connectivity index (χ1v) is 7.55. The van der Waals surface area contributed by atoms with Crippen LogP contribution in [0.5, 0.6) is 0 Å². The van der Waals surface area contributed by atoms with Gasteiger partial charge in [0, 0.05) is 6.97 Å². The molecule has 104 valence electrons. The number of hydrogen-bond donors (Lipinski definition) is 1. The number of sulfonamides is 1. The molecule has 0 amide bonds. The Morgan fingerprint density at radius 2 is 1.39 bits per heavy atom. The monoisotopic (exact) mass is 271 g/mol. The minimum absolute atomic E-state index is 0. The molecule has 1 aromatic rings. The van der Waals surface area contributed by atoms with Gasteiger partial charge in [-0.25, -0.2) is 13.1 Å². The molecule has 0 aliphatic heterocycles. The van der Waals surface area contributed by atoms with Crippen LogP contribution in [0.25, 0.3) is 0 Å². The van der Waals surface area contributed by atoms with Crippen LogP contribution >= 0.6 is 0 Å². The molecule has 18 heavy (non-hydrogen) atoms. The van der Waals surface area contributed by atoms with E-state index in [1.165, 1.54) is 0 Å². The van der Waals surface area contributed by atoms with E-state index in [0.29, 0.717) is 4.90 Å². The molecule has 0 unspecified atom stereocenters. The van der Waals surface area contributed by atoms with Crippen molar-refractivity contribution in [2.45, 2.75) is 57.4 Å². The maximum absolute atomic E-state index is 12.1. The lowest BCUT2D eigenvalue weighted by atomic mass is 9.87. The van der Waals surface area contributed by atoms with Gasteiger partial charge in [0.25, 0.3) is 0 Å². The summed E-state index contributed by atoms with van der Waals surface area (Å²) in [5.74, 6) is 0. The highest BCUT2D eigenvalue weighted by Gasteiger charge is 2.22. The minimum Gasteiger partial charge on any atom is -0.207 e. The lowest BCUT2D eigenvalue weighted by Crippen LogP contribution is -2.40. The van der Waals surface area contributed by atoms with Crippen LogP contribution in [0.1, 0.15) is 48.5 Å². The predicted octanol–water partition coefficient (Wildman–Crippen LogP) is 3.31. The molecule has 0 saturated heterocycles. The Bertz CT molecular complexity index is 508. The van der Waals surface area contributed by atoms with Crippen LogP contribution in [0.2, 0.25) is 0 Å². The van der Waals surface area contributed by atoms with Crippen molar-refractivity contribution >= 4 is 10.0 Å². The molecular formula is C14H25NO2S. The van der Waals surface area contributed by atoms with Crippen molar-refractivity contribution < 1.29 is 9.84 Å². The van der Waals surface area contributed by atoms with Crippen LogP contribution in [0.4, 0.5) is 0 Å². The lowest BCUT2D eigenvalue weighted by Gasteiger charge is -2.22. The summed E-state index contributed by atoms with van der Waals surface area (Å²) in [7, 11) is -3.43. The molecule has 1 N–H and O–H groups in total. The normalized spacial score (nSPS) is 13.7. The molecule has 1 rings (SSSR count). The van der Waals surface area contributed by atoms with Crippen LogP contribution in [-0.4, -0.2) is 14.0 Å².